The first-order valence-electron chi connectivity index (χ1n) is 6.98. The predicted molar refractivity (Wildman–Crippen MR) is 40.7 cm³/mol. The van der Waals surface area contributed by atoms with E-state index in [4.69, 9.17) is 12.3 Å². The highest BCUT2D eigenvalue weighted by atomic mass is 13.9. The summed E-state index contributed by atoms with van der Waals surface area (Å²) < 4.78 is 65.2. The van der Waals surface area contributed by atoms with Gasteiger partial charge in [-0.05, 0) is 20.6 Å². The van der Waals surface area contributed by atoms with Crippen LogP contribution in [-0.2, 0) is 0 Å². The Kier molecular flexibility index (Phi) is 0.356. The van der Waals surface area contributed by atoms with Crippen molar-refractivity contribution in [3.8, 4) is 0 Å². The highest BCUT2D eigenvalue weighted by molar-refractivity contribution is 5.27. The van der Waals surface area contributed by atoms with Crippen LogP contribution < -0.4 is 0 Å². The van der Waals surface area contributed by atoms with Crippen molar-refractivity contribution in [2.75, 3.05) is 0 Å². The summed E-state index contributed by atoms with van der Waals surface area (Å²) in [4.78, 5) is 0. The van der Waals surface area contributed by atoms with Crippen LogP contribution in [0.25, 0.3) is 0 Å². The van der Waals surface area contributed by atoms with Crippen LogP contribution in [0.1, 0.15) is 29.0 Å². The van der Waals surface area contributed by atoms with E-state index in [1.807, 2.05) is 0 Å². The minimum absolute atomic E-state index is 0.276. The molecule has 0 heterocycles. The zero-order chi connectivity index (χ0) is 14.4. The molecule has 0 saturated heterocycles. The first-order chi connectivity index (χ1) is 7.82. The summed E-state index contributed by atoms with van der Waals surface area (Å²) in [5.74, 6) is 0. The number of hydrogen-bond donors (Lipinski definition) is 0. The molecule has 1 aromatic rings. The van der Waals surface area contributed by atoms with Crippen LogP contribution in [0.4, 0.5) is 0 Å². The Hall–Kier alpha value is -0.780. The number of hydrogen-bond acceptors (Lipinski definition) is 0. The molecule has 0 aromatic heterocycles. The van der Waals surface area contributed by atoms with E-state index in [0.29, 0.717) is 0 Å². The normalized spacial score (nSPS) is 28.7. The minimum atomic E-state index is -2.54. The molecule has 0 heteroatoms. The lowest BCUT2D eigenvalue weighted by Crippen LogP contribution is -1.78. The second-order valence-corrected chi connectivity index (χ2v) is 1.80. The average molecular weight is 129 g/mol. The van der Waals surface area contributed by atoms with Gasteiger partial charge in [-0.15, -0.1) is 0 Å². The van der Waals surface area contributed by atoms with E-state index in [-0.39, 0.29) is 16.7 Å². The van der Waals surface area contributed by atoms with Crippen molar-refractivity contribution in [2.24, 2.45) is 0 Å². The van der Waals surface area contributed by atoms with Crippen molar-refractivity contribution in [3.63, 3.8) is 0 Å². The van der Waals surface area contributed by atoms with Crippen molar-refractivity contribution < 1.29 is 12.3 Å². The maximum atomic E-state index is 7.24. The van der Waals surface area contributed by atoms with Gasteiger partial charge in [0.2, 0.25) is 0 Å². The van der Waals surface area contributed by atoms with Crippen molar-refractivity contribution >= 4 is 0 Å². The fraction of sp³-hybridized carbons (Fsp3) is 0.333. The summed E-state index contributed by atoms with van der Waals surface area (Å²) in [5, 5.41) is 0. The Morgan fingerprint density at radius 3 is 1.44 bits per heavy atom. The zero-order valence-corrected chi connectivity index (χ0v) is 4.73. The van der Waals surface area contributed by atoms with Crippen molar-refractivity contribution in [1.29, 1.82) is 0 Å². The van der Waals surface area contributed by atoms with Gasteiger partial charge in [0.15, 0.2) is 0 Å². The molecule has 0 fully saturated rings. The van der Waals surface area contributed by atoms with E-state index < -0.39 is 20.6 Å². The summed E-state index contributed by atoms with van der Waals surface area (Å²) in [5.41, 5.74) is -0.827. The van der Waals surface area contributed by atoms with E-state index in [2.05, 4.69) is 0 Å². The number of aryl methyl sites for hydroxylation is 3. The third kappa shape index (κ3) is 1.56. The van der Waals surface area contributed by atoms with Crippen molar-refractivity contribution in [1.82, 2.24) is 0 Å². The summed E-state index contributed by atoms with van der Waals surface area (Å²) >= 11 is 0. The third-order valence-corrected chi connectivity index (χ3v) is 0.933. The summed E-state index contributed by atoms with van der Waals surface area (Å²) in [7, 11) is 0. The lowest BCUT2D eigenvalue weighted by molar-refractivity contribution is 1.32. The van der Waals surface area contributed by atoms with E-state index in [0.717, 1.165) is 18.2 Å². The van der Waals surface area contributed by atoms with E-state index in [9.17, 15) is 0 Å². The number of benzene rings is 1. The zero-order valence-electron chi connectivity index (χ0n) is 13.7. The maximum absolute atomic E-state index is 7.24. The molecule has 0 aliphatic carbocycles. The topological polar surface area (TPSA) is 0 Å². The second kappa shape index (κ2) is 2.22. The maximum Gasteiger partial charge on any atom is 0.0280 e. The van der Waals surface area contributed by atoms with Crippen LogP contribution in [0.2, 0.25) is 0 Å². The van der Waals surface area contributed by atoms with Gasteiger partial charge in [-0.2, -0.15) is 0 Å². The molecular formula is C9H12. The monoisotopic (exact) mass is 129 g/mol. The SMILES string of the molecule is [2H]C([2H])([2H])c1cc(C([2H])([2H])[2H])cc(C([2H])([2H])[2H])c1. The molecular weight excluding hydrogens is 108 g/mol. The molecule has 0 N–H and O–H groups in total. The third-order valence-electron chi connectivity index (χ3n) is 0.933. The molecule has 1 rings (SSSR count). The van der Waals surface area contributed by atoms with Crippen LogP contribution in [0.3, 0.4) is 0 Å². The fourth-order valence-corrected chi connectivity index (χ4v) is 0.628. The first-order valence-corrected chi connectivity index (χ1v) is 2.48. The van der Waals surface area contributed by atoms with Crippen LogP contribution in [0.15, 0.2) is 18.2 Å². The van der Waals surface area contributed by atoms with E-state index in [1.54, 1.807) is 0 Å². The number of rotatable bonds is 0. The Bertz CT molecular complexity index is 356. The molecule has 0 nitrogen and oxygen atoms in total. The van der Waals surface area contributed by atoms with Crippen LogP contribution in [0.5, 0.6) is 0 Å². The Labute approximate surface area is 69.2 Å². The smallest absolute Gasteiger partial charge is 0.0280 e. The Morgan fingerprint density at radius 2 is 1.22 bits per heavy atom. The molecule has 0 amide bonds. The van der Waals surface area contributed by atoms with Crippen LogP contribution >= 0.6 is 0 Å². The van der Waals surface area contributed by atoms with Crippen LogP contribution in [0, 0.1) is 20.6 Å². The first kappa shape index (κ1) is 1.45. The molecule has 0 aliphatic rings. The van der Waals surface area contributed by atoms with Gasteiger partial charge >= 0.3 is 0 Å². The molecule has 0 aliphatic heterocycles. The molecule has 0 bridgehead atoms. The van der Waals surface area contributed by atoms with Gasteiger partial charge in [0.1, 0.15) is 0 Å². The van der Waals surface area contributed by atoms with Gasteiger partial charge in [0.05, 0.1) is 0 Å². The van der Waals surface area contributed by atoms with Gasteiger partial charge < -0.3 is 0 Å². The van der Waals surface area contributed by atoms with Gasteiger partial charge in [0.25, 0.3) is 0 Å². The summed E-state index contributed by atoms with van der Waals surface area (Å²) in [6.45, 7) is -7.62. The van der Waals surface area contributed by atoms with E-state index in [1.165, 1.54) is 0 Å². The van der Waals surface area contributed by atoms with Gasteiger partial charge in [-0.1, -0.05) is 34.9 Å². The molecule has 0 saturated carbocycles. The molecule has 0 radical (unpaired) electrons. The second-order valence-electron chi connectivity index (χ2n) is 1.80. The lowest BCUT2D eigenvalue weighted by Gasteiger charge is -1.96. The largest absolute Gasteiger partial charge is 0.0564 e. The lowest BCUT2D eigenvalue weighted by atomic mass is 10.1. The summed E-state index contributed by atoms with van der Waals surface area (Å²) in [6.07, 6.45) is 0. The van der Waals surface area contributed by atoms with E-state index >= 15 is 0 Å². The Morgan fingerprint density at radius 1 is 0.889 bits per heavy atom. The summed E-state index contributed by atoms with van der Waals surface area (Å²) in [6, 6.07) is 3.03. The van der Waals surface area contributed by atoms with Gasteiger partial charge in [-0.25, -0.2) is 0 Å². The van der Waals surface area contributed by atoms with Gasteiger partial charge in [-0.3, -0.25) is 0 Å². The molecule has 9 heavy (non-hydrogen) atoms. The van der Waals surface area contributed by atoms with Gasteiger partial charge in [0, 0.05) is 12.3 Å². The molecule has 0 atom stereocenters. The average Bonchev–Trinajstić information content (AvgIpc) is 2.13. The van der Waals surface area contributed by atoms with Crippen LogP contribution in [-0.4, -0.2) is 0 Å². The van der Waals surface area contributed by atoms with Crippen molar-refractivity contribution in [2.45, 2.75) is 20.6 Å². The standard InChI is InChI=1S/C9H12/c1-7-4-8(2)6-9(3)5-7/h4-6H,1-3H3/i1D3,2D3,3D3. The highest BCUT2D eigenvalue weighted by Gasteiger charge is 1.87. The molecule has 48 valence electrons. The fourth-order valence-electron chi connectivity index (χ4n) is 0.628. The molecule has 0 spiro atoms. The van der Waals surface area contributed by atoms with Crippen molar-refractivity contribution in [3.05, 3.63) is 34.9 Å². The Balaban J connectivity index is 3.49. The molecule has 0 unspecified atom stereocenters. The molecule has 1 aromatic carbocycles. The minimum Gasteiger partial charge on any atom is -0.0564 e. The predicted octanol–water partition coefficient (Wildman–Crippen LogP) is 2.61. The quantitative estimate of drug-likeness (QED) is 0.505. The highest BCUT2D eigenvalue weighted by Crippen LogP contribution is 2.06.